The van der Waals surface area contributed by atoms with E-state index in [9.17, 15) is 0 Å². The zero-order valence-corrected chi connectivity index (χ0v) is 17.0. The van der Waals surface area contributed by atoms with Crippen LogP contribution in [0.3, 0.4) is 0 Å². The van der Waals surface area contributed by atoms with Crippen LogP contribution in [0.15, 0.2) is 78.2 Å². The molecule has 0 amide bonds. The number of rotatable bonds is 6. The van der Waals surface area contributed by atoms with Gasteiger partial charge in [-0.25, -0.2) is 0 Å². The van der Waals surface area contributed by atoms with Crippen molar-refractivity contribution in [2.24, 2.45) is 5.92 Å². The van der Waals surface area contributed by atoms with Gasteiger partial charge in [0.25, 0.3) is 0 Å². The quantitative estimate of drug-likeness (QED) is 0.629. The third-order valence-corrected chi connectivity index (χ3v) is 7.56. The van der Waals surface area contributed by atoms with Crippen LogP contribution in [0.2, 0.25) is 0 Å². The van der Waals surface area contributed by atoms with Crippen molar-refractivity contribution in [1.82, 2.24) is 10.2 Å². The maximum absolute atomic E-state index is 3.99. The van der Waals surface area contributed by atoms with Gasteiger partial charge in [0, 0.05) is 29.4 Å². The maximum Gasteiger partial charge on any atom is 0.0369 e. The number of hydrogen-bond acceptors (Lipinski definition) is 3. The molecule has 4 heterocycles. The van der Waals surface area contributed by atoms with Crippen molar-refractivity contribution in [3.05, 3.63) is 94.2 Å². The first-order chi connectivity index (χ1) is 13.9. The molecule has 3 atom stereocenters. The average molecular weight is 389 g/mol. The van der Waals surface area contributed by atoms with E-state index in [1.807, 2.05) is 11.3 Å². The van der Waals surface area contributed by atoms with Crippen molar-refractivity contribution in [1.29, 1.82) is 0 Å². The molecule has 3 unspecified atom stereocenters. The van der Waals surface area contributed by atoms with Crippen LogP contribution < -0.4 is 5.32 Å². The Labute approximate surface area is 172 Å². The van der Waals surface area contributed by atoms with E-state index in [2.05, 4.69) is 88.4 Å². The predicted molar refractivity (Wildman–Crippen MR) is 118 cm³/mol. The largest absolute Gasteiger partial charge is 0.308 e. The summed E-state index contributed by atoms with van der Waals surface area (Å²) < 4.78 is 0. The molecule has 1 N–H and O–H groups in total. The van der Waals surface area contributed by atoms with E-state index in [4.69, 9.17) is 0 Å². The number of thiophene rings is 1. The first-order valence-corrected chi connectivity index (χ1v) is 11.4. The fourth-order valence-electron chi connectivity index (χ4n) is 5.28. The van der Waals surface area contributed by atoms with Gasteiger partial charge in [-0.3, -0.25) is 4.90 Å². The molecule has 2 aromatic carbocycles. The van der Waals surface area contributed by atoms with Crippen LogP contribution in [0.1, 0.15) is 34.8 Å². The first-order valence-electron chi connectivity index (χ1n) is 10.5. The molecule has 28 heavy (non-hydrogen) atoms. The van der Waals surface area contributed by atoms with E-state index >= 15 is 0 Å². The van der Waals surface area contributed by atoms with Crippen molar-refractivity contribution in [2.45, 2.75) is 37.4 Å². The molecule has 144 valence electrons. The lowest BCUT2D eigenvalue weighted by molar-refractivity contribution is 0.00513. The third-order valence-electron chi connectivity index (χ3n) is 6.61. The summed E-state index contributed by atoms with van der Waals surface area (Å²) in [6, 6.07) is 27.6. The molecule has 2 nitrogen and oxygen atoms in total. The number of nitrogens with zero attached hydrogens (tertiary/aromatic N) is 1. The Kier molecular flexibility index (Phi) is 5.30. The second kappa shape index (κ2) is 8.20. The topological polar surface area (TPSA) is 15.3 Å². The summed E-state index contributed by atoms with van der Waals surface area (Å²) in [6.07, 6.45) is 2.66. The van der Waals surface area contributed by atoms with Crippen LogP contribution in [0.25, 0.3) is 0 Å². The summed E-state index contributed by atoms with van der Waals surface area (Å²) in [7, 11) is 0. The van der Waals surface area contributed by atoms with Gasteiger partial charge in [0.05, 0.1) is 0 Å². The lowest BCUT2D eigenvalue weighted by Gasteiger charge is -2.54. The Morgan fingerprint density at radius 1 is 0.893 bits per heavy atom. The Bertz CT molecular complexity index is 854. The molecular weight excluding hydrogens is 360 g/mol. The van der Waals surface area contributed by atoms with Crippen molar-refractivity contribution < 1.29 is 0 Å². The van der Waals surface area contributed by atoms with Crippen LogP contribution in [0.5, 0.6) is 0 Å². The summed E-state index contributed by atoms with van der Waals surface area (Å²) in [4.78, 5) is 4.26. The minimum absolute atomic E-state index is 0.442. The summed E-state index contributed by atoms with van der Waals surface area (Å²) in [5.41, 5.74) is 2.83. The summed E-state index contributed by atoms with van der Waals surface area (Å²) in [6.45, 7) is 3.44. The zero-order chi connectivity index (χ0) is 18.8. The van der Waals surface area contributed by atoms with Gasteiger partial charge in [-0.05, 0) is 54.4 Å². The minimum atomic E-state index is 0.442. The van der Waals surface area contributed by atoms with Crippen LogP contribution in [-0.4, -0.2) is 30.1 Å². The summed E-state index contributed by atoms with van der Waals surface area (Å²) >= 11 is 1.91. The van der Waals surface area contributed by atoms with Crippen molar-refractivity contribution in [3.8, 4) is 0 Å². The Balaban J connectivity index is 1.48. The summed E-state index contributed by atoms with van der Waals surface area (Å²) in [5, 5.41) is 6.22. The molecule has 3 aromatic rings. The highest BCUT2D eigenvalue weighted by atomic mass is 32.1. The highest BCUT2D eigenvalue weighted by Gasteiger charge is 2.46. The minimum Gasteiger partial charge on any atom is -0.308 e. The summed E-state index contributed by atoms with van der Waals surface area (Å²) in [5.74, 6) is 1.22. The number of piperidine rings is 3. The number of fused-ring (bicyclic) bond motifs is 3. The fraction of sp³-hybridized carbons (Fsp3) is 0.360. The average Bonchev–Trinajstić information content (AvgIpc) is 3.30. The number of nitrogens with one attached hydrogen (secondary N) is 1. The highest BCUT2D eigenvalue weighted by Crippen LogP contribution is 2.43. The van der Waals surface area contributed by atoms with Gasteiger partial charge in [0.15, 0.2) is 0 Å². The predicted octanol–water partition coefficient (Wildman–Crippen LogP) is 5.13. The number of hydrogen-bond donors (Lipinski definition) is 1. The molecule has 3 aliphatic heterocycles. The molecule has 3 heteroatoms. The third kappa shape index (κ3) is 3.55. The highest BCUT2D eigenvalue weighted by molar-refractivity contribution is 7.10. The molecule has 0 spiro atoms. The van der Waals surface area contributed by atoms with Gasteiger partial charge in [-0.1, -0.05) is 66.7 Å². The molecule has 0 aliphatic carbocycles. The van der Waals surface area contributed by atoms with E-state index in [0.29, 0.717) is 18.0 Å². The van der Waals surface area contributed by atoms with Gasteiger partial charge in [0.1, 0.15) is 0 Å². The molecule has 2 bridgehead atoms. The van der Waals surface area contributed by atoms with Gasteiger partial charge in [0.2, 0.25) is 0 Å². The van der Waals surface area contributed by atoms with Gasteiger partial charge < -0.3 is 5.32 Å². The van der Waals surface area contributed by atoms with Crippen molar-refractivity contribution >= 4 is 11.3 Å². The molecule has 3 fully saturated rings. The Hall–Kier alpha value is -1.94. The normalized spacial score (nSPS) is 27.6. The molecule has 3 saturated heterocycles. The van der Waals surface area contributed by atoms with Gasteiger partial charge >= 0.3 is 0 Å². The number of benzene rings is 2. The fourth-order valence-corrected chi connectivity index (χ4v) is 6.17. The van der Waals surface area contributed by atoms with E-state index in [-0.39, 0.29) is 0 Å². The Morgan fingerprint density at radius 2 is 1.61 bits per heavy atom. The second-order valence-electron chi connectivity index (χ2n) is 8.16. The Morgan fingerprint density at radius 3 is 2.29 bits per heavy atom. The standard InChI is InChI=1S/C25H28N2S/c1-3-8-19(9-4-1)18-26-24-21-13-15-27(16-14-21)25(24)23(22-12-7-17-28-22)20-10-5-2-6-11-20/h1-12,17,21,23-26H,13-16,18H2. The monoisotopic (exact) mass is 388 g/mol. The van der Waals surface area contributed by atoms with E-state index in [1.165, 1.54) is 41.9 Å². The van der Waals surface area contributed by atoms with E-state index in [1.54, 1.807) is 0 Å². The first kappa shape index (κ1) is 18.1. The van der Waals surface area contributed by atoms with E-state index < -0.39 is 0 Å². The molecule has 3 aliphatic rings. The molecular formula is C25H28N2S. The lowest BCUT2D eigenvalue weighted by atomic mass is 9.72. The molecule has 1 aromatic heterocycles. The molecule has 0 saturated carbocycles. The van der Waals surface area contributed by atoms with Gasteiger partial charge in [-0.2, -0.15) is 0 Å². The molecule has 0 radical (unpaired) electrons. The van der Waals surface area contributed by atoms with Crippen LogP contribution in [-0.2, 0) is 6.54 Å². The van der Waals surface area contributed by atoms with Crippen LogP contribution in [0.4, 0.5) is 0 Å². The van der Waals surface area contributed by atoms with Crippen molar-refractivity contribution in [2.75, 3.05) is 13.1 Å². The second-order valence-corrected chi connectivity index (χ2v) is 9.14. The smallest absolute Gasteiger partial charge is 0.0369 e. The van der Waals surface area contributed by atoms with E-state index in [0.717, 1.165) is 12.5 Å². The SMILES string of the molecule is c1ccc(CNC2C3CCN(CC3)C2C(c2ccccc2)c2cccs2)cc1. The zero-order valence-electron chi connectivity index (χ0n) is 16.2. The van der Waals surface area contributed by atoms with Gasteiger partial charge in [-0.15, -0.1) is 11.3 Å². The van der Waals surface area contributed by atoms with Crippen LogP contribution >= 0.6 is 11.3 Å². The maximum atomic E-state index is 3.99. The van der Waals surface area contributed by atoms with Crippen molar-refractivity contribution in [3.63, 3.8) is 0 Å². The molecule has 6 rings (SSSR count). The lowest BCUT2D eigenvalue weighted by Crippen LogP contribution is -2.64. The van der Waals surface area contributed by atoms with Crippen LogP contribution in [0, 0.1) is 5.92 Å².